The molecule has 2 aromatic rings. The smallest absolute Gasteiger partial charge is 0.203 e. The van der Waals surface area contributed by atoms with Crippen LogP contribution in [0.25, 0.3) is 11.1 Å². The minimum atomic E-state index is -0.0112. The van der Waals surface area contributed by atoms with Crippen molar-refractivity contribution in [2.24, 2.45) is 0 Å². The van der Waals surface area contributed by atoms with Gasteiger partial charge in [-0.25, -0.2) is 0 Å². The van der Waals surface area contributed by atoms with E-state index in [0.29, 0.717) is 28.4 Å². The second-order valence-corrected chi connectivity index (χ2v) is 4.89. The van der Waals surface area contributed by atoms with E-state index in [1.54, 1.807) is 27.4 Å². The molecule has 0 amide bonds. The molecule has 0 saturated heterocycles. The van der Waals surface area contributed by atoms with Crippen LogP contribution in [0.4, 0.5) is 0 Å². The van der Waals surface area contributed by atoms with Gasteiger partial charge >= 0.3 is 0 Å². The Morgan fingerprint density at radius 3 is 2.19 bits per heavy atom. The molecule has 0 heterocycles. The lowest BCUT2D eigenvalue weighted by molar-refractivity contribution is 0.104. The molecule has 4 heteroatoms. The van der Waals surface area contributed by atoms with Crippen molar-refractivity contribution < 1.29 is 19.0 Å². The Hall–Kier alpha value is -2.49. The fourth-order valence-corrected chi connectivity index (χ4v) is 2.92. The summed E-state index contributed by atoms with van der Waals surface area (Å²) in [6.07, 6.45) is 0. The number of fused-ring (bicyclic) bond motifs is 3. The van der Waals surface area contributed by atoms with Crippen molar-refractivity contribution in [2.45, 2.75) is 6.92 Å². The zero-order valence-corrected chi connectivity index (χ0v) is 12.4. The van der Waals surface area contributed by atoms with E-state index in [0.717, 1.165) is 16.7 Å². The lowest BCUT2D eigenvalue weighted by atomic mass is 9.99. The van der Waals surface area contributed by atoms with Gasteiger partial charge in [-0.05, 0) is 18.6 Å². The molecule has 1 aliphatic carbocycles. The minimum absolute atomic E-state index is 0.0112. The number of benzene rings is 2. The van der Waals surface area contributed by atoms with Crippen LogP contribution in [-0.2, 0) is 0 Å². The van der Waals surface area contributed by atoms with Crippen molar-refractivity contribution >= 4 is 5.78 Å². The summed E-state index contributed by atoms with van der Waals surface area (Å²) in [6.45, 7) is 1.98. The summed E-state index contributed by atoms with van der Waals surface area (Å²) in [4.78, 5) is 12.6. The molecule has 0 bridgehead atoms. The molecular formula is C17H16O4. The summed E-state index contributed by atoms with van der Waals surface area (Å²) in [6, 6.07) is 7.43. The molecule has 0 N–H and O–H groups in total. The molecule has 0 unspecified atom stereocenters. The minimum Gasteiger partial charge on any atom is -0.493 e. The van der Waals surface area contributed by atoms with Crippen LogP contribution in [-0.4, -0.2) is 27.1 Å². The van der Waals surface area contributed by atoms with Crippen LogP contribution in [0, 0.1) is 6.92 Å². The largest absolute Gasteiger partial charge is 0.493 e. The highest BCUT2D eigenvalue weighted by Gasteiger charge is 2.34. The first-order valence-corrected chi connectivity index (χ1v) is 6.61. The van der Waals surface area contributed by atoms with Gasteiger partial charge < -0.3 is 14.2 Å². The number of methoxy groups -OCH3 is 3. The predicted molar refractivity (Wildman–Crippen MR) is 79.7 cm³/mol. The zero-order valence-electron chi connectivity index (χ0n) is 12.4. The quantitative estimate of drug-likeness (QED) is 0.740. The SMILES string of the molecule is COc1cc2c(c(OC)c1OC)-c1c(C)cccc1C2=O. The first-order chi connectivity index (χ1) is 10.1. The molecule has 1 aliphatic rings. The van der Waals surface area contributed by atoms with Crippen LogP contribution >= 0.6 is 0 Å². The van der Waals surface area contributed by atoms with Crippen LogP contribution in [0.2, 0.25) is 0 Å². The second kappa shape index (κ2) is 4.81. The summed E-state index contributed by atoms with van der Waals surface area (Å²) < 4.78 is 16.3. The lowest BCUT2D eigenvalue weighted by Gasteiger charge is -2.16. The molecule has 0 aliphatic heterocycles. The molecule has 0 fully saturated rings. The fraction of sp³-hybridized carbons (Fsp3) is 0.235. The van der Waals surface area contributed by atoms with Crippen LogP contribution in [0.1, 0.15) is 21.5 Å². The summed E-state index contributed by atoms with van der Waals surface area (Å²) >= 11 is 0. The van der Waals surface area contributed by atoms with E-state index < -0.39 is 0 Å². The number of ether oxygens (including phenoxy) is 3. The van der Waals surface area contributed by atoms with Gasteiger partial charge in [-0.1, -0.05) is 18.2 Å². The molecule has 108 valence electrons. The third-order valence-electron chi connectivity index (χ3n) is 3.84. The maximum absolute atomic E-state index is 12.6. The van der Waals surface area contributed by atoms with Crippen molar-refractivity contribution in [3.05, 3.63) is 41.0 Å². The number of hydrogen-bond donors (Lipinski definition) is 0. The Morgan fingerprint density at radius 2 is 1.57 bits per heavy atom. The Morgan fingerprint density at radius 1 is 0.857 bits per heavy atom. The summed E-state index contributed by atoms with van der Waals surface area (Å²) in [5.74, 6) is 1.52. The van der Waals surface area contributed by atoms with E-state index in [4.69, 9.17) is 14.2 Å². The second-order valence-electron chi connectivity index (χ2n) is 4.89. The highest BCUT2D eigenvalue weighted by molar-refractivity contribution is 6.23. The van der Waals surface area contributed by atoms with E-state index in [1.807, 2.05) is 25.1 Å². The van der Waals surface area contributed by atoms with Gasteiger partial charge in [-0.15, -0.1) is 0 Å². The Labute approximate surface area is 123 Å². The topological polar surface area (TPSA) is 44.8 Å². The number of hydrogen-bond acceptors (Lipinski definition) is 4. The molecule has 3 rings (SSSR count). The number of carbonyl (C=O) groups excluding carboxylic acids is 1. The molecule has 0 radical (unpaired) electrons. The third-order valence-corrected chi connectivity index (χ3v) is 3.84. The van der Waals surface area contributed by atoms with Gasteiger partial charge in [0.05, 0.1) is 21.3 Å². The van der Waals surface area contributed by atoms with Crippen molar-refractivity contribution in [3.63, 3.8) is 0 Å². The van der Waals surface area contributed by atoms with Gasteiger partial charge in [0.2, 0.25) is 5.75 Å². The van der Waals surface area contributed by atoms with E-state index in [1.165, 1.54) is 0 Å². The Kier molecular flexibility index (Phi) is 3.09. The van der Waals surface area contributed by atoms with Gasteiger partial charge in [-0.2, -0.15) is 0 Å². The Balaban J connectivity index is 2.44. The van der Waals surface area contributed by atoms with E-state index >= 15 is 0 Å². The average Bonchev–Trinajstić information content (AvgIpc) is 2.79. The van der Waals surface area contributed by atoms with Crippen molar-refractivity contribution in [2.75, 3.05) is 21.3 Å². The van der Waals surface area contributed by atoms with Gasteiger partial charge in [0, 0.05) is 22.3 Å². The molecular weight excluding hydrogens is 268 g/mol. The summed E-state index contributed by atoms with van der Waals surface area (Å²) in [7, 11) is 4.67. The number of aryl methyl sites for hydroxylation is 1. The maximum Gasteiger partial charge on any atom is 0.203 e. The van der Waals surface area contributed by atoms with Gasteiger partial charge in [0.1, 0.15) is 0 Å². The average molecular weight is 284 g/mol. The van der Waals surface area contributed by atoms with E-state index in [9.17, 15) is 4.79 Å². The highest BCUT2D eigenvalue weighted by atomic mass is 16.5. The first-order valence-electron chi connectivity index (χ1n) is 6.61. The molecule has 0 spiro atoms. The first kappa shape index (κ1) is 13.5. The van der Waals surface area contributed by atoms with Crippen molar-refractivity contribution in [1.82, 2.24) is 0 Å². The van der Waals surface area contributed by atoms with E-state index in [-0.39, 0.29) is 5.78 Å². The molecule has 0 saturated carbocycles. The van der Waals surface area contributed by atoms with E-state index in [2.05, 4.69) is 0 Å². The van der Waals surface area contributed by atoms with Gasteiger partial charge in [0.15, 0.2) is 17.3 Å². The molecule has 2 aromatic carbocycles. The lowest BCUT2D eigenvalue weighted by Crippen LogP contribution is -2.00. The monoisotopic (exact) mass is 284 g/mol. The Bertz CT molecular complexity index is 747. The summed E-state index contributed by atoms with van der Waals surface area (Å²) in [5.41, 5.74) is 4.01. The molecule has 0 atom stereocenters. The van der Waals surface area contributed by atoms with Crippen molar-refractivity contribution in [1.29, 1.82) is 0 Å². The number of ketones is 1. The normalized spacial score (nSPS) is 11.9. The number of carbonyl (C=O) groups is 1. The molecule has 21 heavy (non-hydrogen) atoms. The third kappa shape index (κ3) is 1.72. The van der Waals surface area contributed by atoms with Gasteiger partial charge in [-0.3, -0.25) is 4.79 Å². The fourth-order valence-electron chi connectivity index (χ4n) is 2.92. The van der Waals surface area contributed by atoms with Gasteiger partial charge in [0.25, 0.3) is 0 Å². The predicted octanol–water partition coefficient (Wildman–Crippen LogP) is 3.23. The standard InChI is InChI=1S/C17H16O4/c1-9-6-5-7-10-13(9)14-11(15(10)18)8-12(19-2)16(20-3)17(14)21-4/h5-8H,1-4H3. The van der Waals surface area contributed by atoms with Crippen LogP contribution in [0.5, 0.6) is 17.2 Å². The van der Waals surface area contributed by atoms with Crippen molar-refractivity contribution in [3.8, 4) is 28.4 Å². The highest BCUT2D eigenvalue weighted by Crippen LogP contribution is 2.52. The zero-order chi connectivity index (χ0) is 15.1. The van der Waals surface area contributed by atoms with Crippen LogP contribution in [0.15, 0.2) is 24.3 Å². The molecule has 0 aromatic heterocycles. The van der Waals surface area contributed by atoms with Crippen LogP contribution in [0.3, 0.4) is 0 Å². The maximum atomic E-state index is 12.6. The summed E-state index contributed by atoms with van der Waals surface area (Å²) in [5, 5.41) is 0. The number of rotatable bonds is 3. The molecule has 4 nitrogen and oxygen atoms in total. The van der Waals surface area contributed by atoms with Crippen LogP contribution < -0.4 is 14.2 Å².